The lowest BCUT2D eigenvalue weighted by molar-refractivity contribution is 0.593. The molecule has 2 aromatic rings. The highest BCUT2D eigenvalue weighted by Gasteiger charge is 2.22. The number of nitrogens with zero attached hydrogens (tertiary/aromatic N) is 1. The Morgan fingerprint density at radius 2 is 1.81 bits per heavy atom. The number of anilines is 1. The van der Waals surface area contributed by atoms with Gasteiger partial charge in [0.25, 0.3) is 10.0 Å². The predicted octanol–water partition coefficient (Wildman–Crippen LogP) is 2.16. The lowest BCUT2D eigenvalue weighted by Gasteiger charge is -2.22. The van der Waals surface area contributed by atoms with E-state index in [-0.39, 0.29) is 0 Å². The van der Waals surface area contributed by atoms with Crippen molar-refractivity contribution in [2.24, 2.45) is 0 Å². The summed E-state index contributed by atoms with van der Waals surface area (Å²) >= 11 is 0. The highest BCUT2D eigenvalue weighted by atomic mass is 32.2. The first-order chi connectivity index (χ1) is 10.1. The minimum absolute atomic E-state index is 0.344. The van der Waals surface area contributed by atoms with E-state index in [0.717, 1.165) is 25.1 Å². The molecule has 0 radical (unpaired) electrons. The molecule has 110 valence electrons. The van der Waals surface area contributed by atoms with Gasteiger partial charge in [-0.3, -0.25) is 4.31 Å². The normalized spacial score (nSPS) is 14.5. The Balaban J connectivity index is 1.98. The average Bonchev–Trinajstić information content (AvgIpc) is 2.54. The maximum Gasteiger partial charge on any atom is 0.264 e. The molecule has 0 saturated heterocycles. The third kappa shape index (κ3) is 2.66. The van der Waals surface area contributed by atoms with Crippen molar-refractivity contribution < 1.29 is 8.42 Å². The Labute approximate surface area is 125 Å². The summed E-state index contributed by atoms with van der Waals surface area (Å²) in [6, 6.07) is 14.5. The van der Waals surface area contributed by atoms with Crippen LogP contribution in [0.25, 0.3) is 0 Å². The van der Waals surface area contributed by atoms with E-state index in [1.807, 2.05) is 24.3 Å². The Bertz CT molecular complexity index is 742. The third-order valence-corrected chi connectivity index (χ3v) is 5.62. The predicted molar refractivity (Wildman–Crippen MR) is 83.9 cm³/mol. The molecule has 0 atom stereocenters. The van der Waals surface area contributed by atoms with Crippen molar-refractivity contribution in [2.45, 2.75) is 17.9 Å². The van der Waals surface area contributed by atoms with Crippen molar-refractivity contribution in [3.8, 4) is 0 Å². The summed E-state index contributed by atoms with van der Waals surface area (Å²) in [5, 5.41) is 3.27. The summed E-state index contributed by atoms with van der Waals surface area (Å²) in [6.45, 7) is 1.68. The molecule has 0 amide bonds. The lowest BCUT2D eigenvalue weighted by Crippen LogP contribution is -2.28. The molecule has 0 fully saturated rings. The van der Waals surface area contributed by atoms with Crippen LogP contribution in [-0.4, -0.2) is 22.0 Å². The van der Waals surface area contributed by atoms with E-state index < -0.39 is 10.0 Å². The Kier molecular flexibility index (Phi) is 3.69. The SMILES string of the molecule is CN(c1ccccc1)S(=O)(=O)c1ccc2c(c1)CNCC2. The molecule has 5 heteroatoms. The summed E-state index contributed by atoms with van der Waals surface area (Å²) in [5.74, 6) is 0. The van der Waals surface area contributed by atoms with Crippen molar-refractivity contribution in [1.29, 1.82) is 0 Å². The van der Waals surface area contributed by atoms with Crippen LogP contribution in [0, 0.1) is 0 Å². The zero-order chi connectivity index (χ0) is 14.9. The minimum Gasteiger partial charge on any atom is -0.312 e. The molecular weight excluding hydrogens is 284 g/mol. The van der Waals surface area contributed by atoms with Crippen molar-refractivity contribution >= 4 is 15.7 Å². The molecule has 0 unspecified atom stereocenters. The zero-order valence-electron chi connectivity index (χ0n) is 11.9. The van der Waals surface area contributed by atoms with E-state index >= 15 is 0 Å². The summed E-state index contributed by atoms with van der Waals surface area (Å²) in [6.07, 6.45) is 0.949. The number of hydrogen-bond acceptors (Lipinski definition) is 3. The van der Waals surface area contributed by atoms with Crippen molar-refractivity contribution in [1.82, 2.24) is 5.32 Å². The number of sulfonamides is 1. The van der Waals surface area contributed by atoms with Crippen LogP contribution in [0.4, 0.5) is 5.69 Å². The van der Waals surface area contributed by atoms with Gasteiger partial charge in [-0.05, 0) is 48.4 Å². The van der Waals surface area contributed by atoms with Crippen molar-refractivity contribution in [2.75, 3.05) is 17.9 Å². The first-order valence-electron chi connectivity index (χ1n) is 6.95. The first-order valence-corrected chi connectivity index (χ1v) is 8.39. The van der Waals surface area contributed by atoms with Crippen LogP contribution in [0.2, 0.25) is 0 Å². The molecule has 1 heterocycles. The van der Waals surface area contributed by atoms with Gasteiger partial charge >= 0.3 is 0 Å². The third-order valence-electron chi connectivity index (χ3n) is 3.84. The lowest BCUT2D eigenvalue weighted by atomic mass is 10.0. The van der Waals surface area contributed by atoms with Gasteiger partial charge < -0.3 is 5.32 Å². The van der Waals surface area contributed by atoms with Gasteiger partial charge in [0.2, 0.25) is 0 Å². The maximum absolute atomic E-state index is 12.7. The summed E-state index contributed by atoms with van der Waals surface area (Å²) in [7, 11) is -1.93. The van der Waals surface area contributed by atoms with Gasteiger partial charge in [0.1, 0.15) is 0 Å². The van der Waals surface area contributed by atoms with E-state index in [1.54, 1.807) is 31.3 Å². The van der Waals surface area contributed by atoms with Crippen LogP contribution in [0.5, 0.6) is 0 Å². The van der Waals surface area contributed by atoms with Gasteiger partial charge in [0.15, 0.2) is 0 Å². The molecule has 0 aliphatic carbocycles. The van der Waals surface area contributed by atoms with E-state index in [2.05, 4.69) is 5.32 Å². The van der Waals surface area contributed by atoms with Gasteiger partial charge in [-0.2, -0.15) is 0 Å². The van der Waals surface area contributed by atoms with Gasteiger partial charge in [-0.25, -0.2) is 8.42 Å². The van der Waals surface area contributed by atoms with E-state index in [4.69, 9.17) is 0 Å². The number of benzene rings is 2. The molecule has 0 spiro atoms. The molecule has 1 aliphatic rings. The smallest absolute Gasteiger partial charge is 0.264 e. The van der Waals surface area contributed by atoms with E-state index in [0.29, 0.717) is 10.6 Å². The molecule has 0 aromatic heterocycles. The van der Waals surface area contributed by atoms with Gasteiger partial charge in [-0.1, -0.05) is 24.3 Å². The minimum atomic E-state index is -3.52. The highest BCUT2D eigenvalue weighted by molar-refractivity contribution is 7.92. The van der Waals surface area contributed by atoms with Crippen LogP contribution in [-0.2, 0) is 23.0 Å². The molecule has 21 heavy (non-hydrogen) atoms. The fourth-order valence-corrected chi connectivity index (χ4v) is 3.80. The zero-order valence-corrected chi connectivity index (χ0v) is 12.7. The quantitative estimate of drug-likeness (QED) is 0.945. The molecule has 0 bridgehead atoms. The number of hydrogen-bond donors (Lipinski definition) is 1. The Hall–Kier alpha value is -1.85. The van der Waals surface area contributed by atoms with Crippen LogP contribution < -0.4 is 9.62 Å². The summed E-state index contributed by atoms with van der Waals surface area (Å²) < 4.78 is 26.8. The number of nitrogens with one attached hydrogen (secondary N) is 1. The van der Waals surface area contributed by atoms with Gasteiger partial charge in [-0.15, -0.1) is 0 Å². The van der Waals surface area contributed by atoms with Crippen molar-refractivity contribution in [3.63, 3.8) is 0 Å². The van der Waals surface area contributed by atoms with Crippen LogP contribution in [0.3, 0.4) is 0 Å². The first kappa shape index (κ1) is 14.1. The second-order valence-corrected chi connectivity index (χ2v) is 7.13. The van der Waals surface area contributed by atoms with Gasteiger partial charge in [0.05, 0.1) is 10.6 Å². The standard InChI is InChI=1S/C16H18N2O2S/c1-18(15-5-3-2-4-6-15)21(19,20)16-8-7-13-9-10-17-12-14(13)11-16/h2-8,11,17H,9-10,12H2,1H3. The molecule has 1 N–H and O–H groups in total. The summed E-state index contributed by atoms with van der Waals surface area (Å²) in [5.41, 5.74) is 2.96. The number of rotatable bonds is 3. The second-order valence-electron chi connectivity index (χ2n) is 5.17. The molecule has 1 aliphatic heterocycles. The highest BCUT2D eigenvalue weighted by Crippen LogP contribution is 2.24. The maximum atomic E-state index is 12.7. The fraction of sp³-hybridized carbons (Fsp3) is 0.250. The molecule has 3 rings (SSSR count). The Morgan fingerprint density at radius 1 is 1.05 bits per heavy atom. The van der Waals surface area contributed by atoms with E-state index in [9.17, 15) is 8.42 Å². The van der Waals surface area contributed by atoms with Gasteiger partial charge in [0, 0.05) is 13.6 Å². The molecule has 0 saturated carbocycles. The second kappa shape index (κ2) is 5.50. The fourth-order valence-electron chi connectivity index (χ4n) is 2.55. The molecule has 2 aromatic carbocycles. The number of fused-ring (bicyclic) bond motifs is 1. The molecular formula is C16H18N2O2S. The largest absolute Gasteiger partial charge is 0.312 e. The average molecular weight is 302 g/mol. The van der Waals surface area contributed by atoms with Crippen molar-refractivity contribution in [3.05, 3.63) is 59.7 Å². The number of para-hydroxylation sites is 1. The van der Waals surface area contributed by atoms with Crippen LogP contribution in [0.15, 0.2) is 53.4 Å². The Morgan fingerprint density at radius 3 is 2.57 bits per heavy atom. The summed E-state index contributed by atoms with van der Waals surface area (Å²) in [4.78, 5) is 0.344. The van der Waals surface area contributed by atoms with Crippen LogP contribution >= 0.6 is 0 Å². The topological polar surface area (TPSA) is 49.4 Å². The molecule has 4 nitrogen and oxygen atoms in total. The van der Waals surface area contributed by atoms with E-state index in [1.165, 1.54) is 9.87 Å². The van der Waals surface area contributed by atoms with Crippen LogP contribution in [0.1, 0.15) is 11.1 Å². The monoisotopic (exact) mass is 302 g/mol.